The molecule has 1 aromatic carbocycles. The van der Waals surface area contributed by atoms with Gasteiger partial charge in [0.1, 0.15) is 0 Å². The number of nitrogens with one attached hydrogen (secondary N) is 2. The van der Waals surface area contributed by atoms with Crippen molar-refractivity contribution < 1.29 is 9.90 Å². The Kier molecular flexibility index (Phi) is 3.98. The van der Waals surface area contributed by atoms with Crippen molar-refractivity contribution in [2.45, 2.75) is 6.54 Å². The molecule has 2 aromatic heterocycles. The molecule has 3 rings (SSSR count). The second-order valence-corrected chi connectivity index (χ2v) is 5.93. The first-order valence-electron chi connectivity index (χ1n) is 6.09. The number of aromatic amines is 1. The molecule has 0 atom stereocenters. The maximum Gasteiger partial charge on any atom is 0.337 e. The second-order valence-electron chi connectivity index (χ2n) is 4.23. The Bertz CT molecular complexity index is 804. The van der Waals surface area contributed by atoms with Crippen molar-refractivity contribution in [2.24, 2.45) is 0 Å². The highest BCUT2D eigenvalue weighted by atomic mass is 35.5. The second kappa shape index (κ2) is 6.08. The number of halogens is 1. The summed E-state index contributed by atoms with van der Waals surface area (Å²) in [5, 5.41) is 25.9. The van der Waals surface area contributed by atoms with Gasteiger partial charge in [0, 0.05) is 22.3 Å². The summed E-state index contributed by atoms with van der Waals surface area (Å²) in [6.07, 6.45) is 1.64. The van der Waals surface area contributed by atoms with E-state index >= 15 is 0 Å². The van der Waals surface area contributed by atoms with Crippen molar-refractivity contribution in [3.63, 3.8) is 0 Å². The molecular formula is C12H9ClN6O2S. The van der Waals surface area contributed by atoms with E-state index in [1.165, 1.54) is 17.4 Å². The zero-order valence-electron chi connectivity index (χ0n) is 10.9. The van der Waals surface area contributed by atoms with E-state index in [1.807, 2.05) is 0 Å². The number of thiazole rings is 1. The summed E-state index contributed by atoms with van der Waals surface area (Å²) in [5.74, 6) is -0.634. The van der Waals surface area contributed by atoms with Crippen LogP contribution in [0.3, 0.4) is 0 Å². The molecule has 0 aliphatic heterocycles. The molecule has 0 amide bonds. The third-order valence-corrected chi connectivity index (χ3v) is 3.95. The van der Waals surface area contributed by atoms with Crippen molar-refractivity contribution in [1.82, 2.24) is 25.6 Å². The molecule has 0 unspecified atom stereocenters. The Hall–Kier alpha value is -2.52. The monoisotopic (exact) mass is 336 g/mol. The number of H-pyrrole nitrogens is 1. The minimum absolute atomic E-state index is 0.155. The van der Waals surface area contributed by atoms with Gasteiger partial charge in [-0.3, -0.25) is 0 Å². The number of carboxylic acid groups (broad SMARTS) is 1. The predicted molar refractivity (Wildman–Crippen MR) is 81.0 cm³/mol. The number of nitrogens with zero attached hydrogens (tertiary/aromatic N) is 4. The molecule has 0 saturated carbocycles. The summed E-state index contributed by atoms with van der Waals surface area (Å²) in [7, 11) is 0. The number of carboxylic acids is 1. The molecule has 0 fully saturated rings. The zero-order valence-corrected chi connectivity index (χ0v) is 12.5. The molecule has 10 heteroatoms. The Labute approximate surface area is 133 Å². The number of aromatic carboxylic acids is 1. The van der Waals surface area contributed by atoms with Crippen LogP contribution in [0.4, 0.5) is 5.69 Å². The predicted octanol–water partition coefficient (Wildman–Crippen LogP) is 2.29. The summed E-state index contributed by atoms with van der Waals surface area (Å²) >= 11 is 7.10. The van der Waals surface area contributed by atoms with Gasteiger partial charge in [0.15, 0.2) is 4.47 Å². The zero-order chi connectivity index (χ0) is 15.5. The van der Waals surface area contributed by atoms with Crippen LogP contribution in [0.1, 0.15) is 15.2 Å². The van der Waals surface area contributed by atoms with E-state index in [4.69, 9.17) is 11.6 Å². The first kappa shape index (κ1) is 14.4. The van der Waals surface area contributed by atoms with Gasteiger partial charge in [-0.1, -0.05) is 17.7 Å². The molecule has 0 aliphatic rings. The topological polar surface area (TPSA) is 117 Å². The van der Waals surface area contributed by atoms with Gasteiger partial charge in [0.2, 0.25) is 5.82 Å². The Morgan fingerprint density at radius 3 is 2.95 bits per heavy atom. The maximum atomic E-state index is 11.3. The van der Waals surface area contributed by atoms with Crippen LogP contribution in [0.5, 0.6) is 0 Å². The van der Waals surface area contributed by atoms with Gasteiger partial charge in [-0.25, -0.2) is 9.78 Å². The fraction of sp³-hybridized carbons (Fsp3) is 0.0833. The maximum absolute atomic E-state index is 11.3. The molecule has 0 radical (unpaired) electrons. The van der Waals surface area contributed by atoms with Crippen LogP contribution in [0, 0.1) is 0 Å². The third kappa shape index (κ3) is 3.05. The average Bonchev–Trinajstić information content (AvgIpc) is 3.16. The number of hydrogen-bond acceptors (Lipinski definition) is 7. The highest BCUT2D eigenvalue weighted by Gasteiger charge is 2.13. The first-order valence-corrected chi connectivity index (χ1v) is 7.28. The van der Waals surface area contributed by atoms with E-state index in [1.54, 1.807) is 18.3 Å². The number of hydrogen-bond donors (Lipinski definition) is 3. The number of carbonyl (C=O) groups is 1. The Balaban J connectivity index is 1.89. The molecule has 0 aliphatic carbocycles. The molecule has 0 spiro atoms. The van der Waals surface area contributed by atoms with Crippen molar-refractivity contribution in [2.75, 3.05) is 5.32 Å². The number of benzene rings is 1. The first-order chi connectivity index (χ1) is 10.6. The lowest BCUT2D eigenvalue weighted by Crippen LogP contribution is -2.06. The standard InChI is InChI=1S/C12H9ClN6O2S/c13-12-15-5-7(22-12)4-14-9-3-6(10-16-18-19-17-10)1-2-8(9)11(20)21/h1-3,5,14H,4H2,(H,20,21)(H,16,17,18,19). The number of tetrazole rings is 1. The smallest absolute Gasteiger partial charge is 0.337 e. The van der Waals surface area contributed by atoms with E-state index in [-0.39, 0.29) is 5.56 Å². The lowest BCUT2D eigenvalue weighted by atomic mass is 10.1. The fourth-order valence-corrected chi connectivity index (χ4v) is 2.77. The molecule has 8 nitrogen and oxygen atoms in total. The van der Waals surface area contributed by atoms with E-state index in [2.05, 4.69) is 30.9 Å². The van der Waals surface area contributed by atoms with E-state index in [0.29, 0.717) is 28.1 Å². The summed E-state index contributed by atoms with van der Waals surface area (Å²) in [4.78, 5) is 16.1. The van der Waals surface area contributed by atoms with Gasteiger partial charge in [-0.05, 0) is 17.3 Å². The van der Waals surface area contributed by atoms with E-state index < -0.39 is 5.97 Å². The van der Waals surface area contributed by atoms with Gasteiger partial charge in [0.25, 0.3) is 0 Å². The Morgan fingerprint density at radius 1 is 1.45 bits per heavy atom. The highest BCUT2D eigenvalue weighted by molar-refractivity contribution is 7.15. The van der Waals surface area contributed by atoms with Gasteiger partial charge >= 0.3 is 5.97 Å². The van der Waals surface area contributed by atoms with Gasteiger partial charge in [-0.2, -0.15) is 5.21 Å². The third-order valence-electron chi connectivity index (χ3n) is 2.83. The van der Waals surface area contributed by atoms with E-state index in [0.717, 1.165) is 4.88 Å². The number of anilines is 1. The molecular weight excluding hydrogens is 328 g/mol. The summed E-state index contributed by atoms with van der Waals surface area (Å²) in [6.45, 7) is 0.417. The van der Waals surface area contributed by atoms with Crippen LogP contribution in [-0.2, 0) is 6.54 Å². The van der Waals surface area contributed by atoms with Crippen LogP contribution in [0.15, 0.2) is 24.4 Å². The van der Waals surface area contributed by atoms with Crippen molar-refractivity contribution in [1.29, 1.82) is 0 Å². The molecule has 112 valence electrons. The fourth-order valence-electron chi connectivity index (χ4n) is 1.85. The lowest BCUT2D eigenvalue weighted by Gasteiger charge is -2.09. The number of aromatic nitrogens is 5. The molecule has 3 N–H and O–H groups in total. The molecule has 0 bridgehead atoms. The van der Waals surface area contributed by atoms with E-state index in [9.17, 15) is 9.90 Å². The lowest BCUT2D eigenvalue weighted by molar-refractivity contribution is 0.0698. The van der Waals surface area contributed by atoms with Gasteiger partial charge in [-0.15, -0.1) is 21.5 Å². The van der Waals surface area contributed by atoms with Crippen LogP contribution in [-0.4, -0.2) is 36.7 Å². The molecule has 0 saturated heterocycles. The minimum atomic E-state index is -1.02. The van der Waals surface area contributed by atoms with Crippen molar-refractivity contribution in [3.05, 3.63) is 39.3 Å². The van der Waals surface area contributed by atoms with Gasteiger partial charge in [0.05, 0.1) is 12.1 Å². The number of rotatable bonds is 5. The van der Waals surface area contributed by atoms with Crippen LogP contribution in [0.2, 0.25) is 4.47 Å². The van der Waals surface area contributed by atoms with Crippen molar-refractivity contribution >= 4 is 34.6 Å². The summed E-state index contributed by atoms with van der Waals surface area (Å²) < 4.78 is 0.441. The average molecular weight is 337 g/mol. The molecule has 2 heterocycles. The van der Waals surface area contributed by atoms with Crippen LogP contribution in [0.25, 0.3) is 11.4 Å². The highest BCUT2D eigenvalue weighted by Crippen LogP contribution is 2.25. The SMILES string of the molecule is O=C(O)c1ccc(-c2nn[nH]n2)cc1NCc1cnc(Cl)s1. The van der Waals surface area contributed by atoms with Crippen LogP contribution < -0.4 is 5.32 Å². The van der Waals surface area contributed by atoms with Crippen molar-refractivity contribution in [3.8, 4) is 11.4 Å². The quantitative estimate of drug-likeness (QED) is 0.654. The molecule has 22 heavy (non-hydrogen) atoms. The molecule has 3 aromatic rings. The normalized spacial score (nSPS) is 10.6. The summed E-state index contributed by atoms with van der Waals surface area (Å²) in [6, 6.07) is 4.79. The summed E-state index contributed by atoms with van der Waals surface area (Å²) in [5.41, 5.74) is 1.27. The van der Waals surface area contributed by atoms with Gasteiger partial charge < -0.3 is 10.4 Å². The largest absolute Gasteiger partial charge is 0.478 e. The Morgan fingerprint density at radius 2 is 2.32 bits per heavy atom. The minimum Gasteiger partial charge on any atom is -0.478 e. The van der Waals surface area contributed by atoms with Crippen LogP contribution >= 0.6 is 22.9 Å².